The van der Waals surface area contributed by atoms with Crippen LogP contribution in [0.25, 0.3) is 0 Å². The summed E-state index contributed by atoms with van der Waals surface area (Å²) >= 11 is 0. The fourth-order valence-electron chi connectivity index (χ4n) is 1.13. The highest BCUT2D eigenvalue weighted by Crippen LogP contribution is 2.06. The minimum absolute atomic E-state index is 0.0805. The third-order valence-electron chi connectivity index (χ3n) is 2.10. The first-order valence-electron chi connectivity index (χ1n) is 4.59. The Morgan fingerprint density at radius 1 is 1.29 bits per heavy atom. The fraction of sp³-hybridized carbons (Fsp3) is 0.889. The van der Waals surface area contributed by atoms with Crippen LogP contribution in [-0.4, -0.2) is 44.3 Å². The van der Waals surface area contributed by atoms with Gasteiger partial charge in [0.1, 0.15) is 9.84 Å². The van der Waals surface area contributed by atoms with Gasteiger partial charge in [0.05, 0.1) is 5.75 Å². The number of carbonyl (C=O) groups excluding carboxylic acids is 1. The second-order valence-electron chi connectivity index (χ2n) is 4.04. The van der Waals surface area contributed by atoms with Crippen molar-refractivity contribution < 1.29 is 13.2 Å². The number of hydrogen-bond donors (Lipinski definition) is 0. The van der Waals surface area contributed by atoms with Crippen LogP contribution in [0.5, 0.6) is 0 Å². The van der Waals surface area contributed by atoms with Crippen LogP contribution >= 0.6 is 0 Å². The molecule has 0 aromatic carbocycles. The Labute approximate surface area is 86.2 Å². The summed E-state index contributed by atoms with van der Waals surface area (Å²) in [4.78, 5) is 13.2. The predicted molar refractivity (Wildman–Crippen MR) is 56.8 cm³/mol. The Balaban J connectivity index is 4.41. The van der Waals surface area contributed by atoms with Gasteiger partial charge >= 0.3 is 0 Å². The van der Waals surface area contributed by atoms with Gasteiger partial charge in [-0.1, -0.05) is 6.92 Å². The van der Waals surface area contributed by atoms with Crippen LogP contribution < -0.4 is 0 Å². The third kappa shape index (κ3) is 4.60. The SMILES string of the molecule is CC(CS(C)(=O)=O)C(=O)N(C)C(C)C. The Kier molecular flexibility index (Phi) is 4.58. The lowest BCUT2D eigenvalue weighted by Crippen LogP contribution is -2.38. The van der Waals surface area contributed by atoms with Gasteiger partial charge in [-0.05, 0) is 13.8 Å². The van der Waals surface area contributed by atoms with E-state index in [2.05, 4.69) is 0 Å². The Bertz CT molecular complexity index is 295. The molecule has 0 saturated carbocycles. The van der Waals surface area contributed by atoms with Crippen LogP contribution in [0.1, 0.15) is 20.8 Å². The lowest BCUT2D eigenvalue weighted by Gasteiger charge is -2.24. The highest BCUT2D eigenvalue weighted by molar-refractivity contribution is 7.90. The second kappa shape index (κ2) is 4.77. The molecule has 0 bridgehead atoms. The molecule has 0 rings (SSSR count). The molecule has 0 fully saturated rings. The largest absolute Gasteiger partial charge is 0.343 e. The van der Waals surface area contributed by atoms with Crippen molar-refractivity contribution in [1.29, 1.82) is 0 Å². The number of carbonyl (C=O) groups is 1. The summed E-state index contributed by atoms with van der Waals surface area (Å²) in [7, 11) is -1.39. The third-order valence-corrected chi connectivity index (χ3v) is 3.20. The van der Waals surface area contributed by atoms with Crippen LogP contribution in [0.4, 0.5) is 0 Å². The molecule has 14 heavy (non-hydrogen) atoms. The summed E-state index contributed by atoms with van der Waals surface area (Å²) in [5.41, 5.74) is 0. The molecule has 0 aliphatic heterocycles. The van der Waals surface area contributed by atoms with E-state index in [0.29, 0.717) is 0 Å². The van der Waals surface area contributed by atoms with Crippen molar-refractivity contribution in [2.75, 3.05) is 19.1 Å². The first kappa shape index (κ1) is 13.4. The highest BCUT2D eigenvalue weighted by atomic mass is 32.2. The maximum Gasteiger partial charge on any atom is 0.226 e. The first-order chi connectivity index (χ1) is 6.15. The summed E-state index contributed by atoms with van der Waals surface area (Å²) in [5, 5.41) is 0. The zero-order valence-corrected chi connectivity index (χ0v) is 10.3. The van der Waals surface area contributed by atoms with Crippen molar-refractivity contribution in [2.24, 2.45) is 5.92 Å². The molecule has 0 heterocycles. The van der Waals surface area contributed by atoms with Crippen LogP contribution in [0.3, 0.4) is 0 Å². The second-order valence-corrected chi connectivity index (χ2v) is 6.22. The van der Waals surface area contributed by atoms with Gasteiger partial charge in [0.2, 0.25) is 5.91 Å². The van der Waals surface area contributed by atoms with Crippen molar-refractivity contribution in [2.45, 2.75) is 26.8 Å². The lowest BCUT2D eigenvalue weighted by atomic mass is 10.1. The van der Waals surface area contributed by atoms with Crippen molar-refractivity contribution >= 4 is 15.7 Å². The van der Waals surface area contributed by atoms with Crippen molar-refractivity contribution in [3.8, 4) is 0 Å². The van der Waals surface area contributed by atoms with Crippen LogP contribution in [0.15, 0.2) is 0 Å². The molecule has 0 saturated heterocycles. The Morgan fingerprint density at radius 2 is 1.71 bits per heavy atom. The first-order valence-corrected chi connectivity index (χ1v) is 6.65. The monoisotopic (exact) mass is 221 g/mol. The molecule has 0 aliphatic carbocycles. The van der Waals surface area contributed by atoms with Gasteiger partial charge in [-0.25, -0.2) is 8.42 Å². The minimum atomic E-state index is -3.08. The molecular weight excluding hydrogens is 202 g/mol. The van der Waals surface area contributed by atoms with E-state index in [1.165, 1.54) is 0 Å². The fourth-order valence-corrected chi connectivity index (χ4v) is 2.18. The normalized spacial score (nSPS) is 14.1. The average Bonchev–Trinajstić information content (AvgIpc) is 1.98. The van der Waals surface area contributed by atoms with Gasteiger partial charge in [0, 0.05) is 25.3 Å². The number of sulfone groups is 1. The zero-order valence-electron chi connectivity index (χ0n) is 9.44. The number of hydrogen-bond acceptors (Lipinski definition) is 3. The maximum atomic E-state index is 11.6. The highest BCUT2D eigenvalue weighted by Gasteiger charge is 2.22. The van der Waals surface area contributed by atoms with Gasteiger partial charge < -0.3 is 4.90 Å². The molecular formula is C9H19NO3S. The Hall–Kier alpha value is -0.580. The Morgan fingerprint density at radius 3 is 2.00 bits per heavy atom. The van der Waals surface area contributed by atoms with E-state index in [9.17, 15) is 13.2 Å². The summed E-state index contributed by atoms with van der Waals surface area (Å²) in [5.74, 6) is -0.661. The van der Waals surface area contributed by atoms with Crippen molar-refractivity contribution in [3.63, 3.8) is 0 Å². The van der Waals surface area contributed by atoms with Crippen molar-refractivity contribution in [1.82, 2.24) is 4.90 Å². The standard InChI is InChI=1S/C9H19NO3S/c1-7(2)10(4)9(11)8(3)6-14(5,12)13/h7-8H,6H2,1-5H3. The molecule has 84 valence electrons. The van der Waals surface area contributed by atoms with E-state index in [1.807, 2.05) is 13.8 Å². The number of nitrogens with zero attached hydrogens (tertiary/aromatic N) is 1. The molecule has 0 aliphatic rings. The maximum absolute atomic E-state index is 11.6. The van der Waals surface area contributed by atoms with Crippen LogP contribution in [-0.2, 0) is 14.6 Å². The van der Waals surface area contributed by atoms with E-state index < -0.39 is 15.8 Å². The summed E-state index contributed by atoms with van der Waals surface area (Å²) in [6, 6.07) is 0.101. The number of amides is 1. The molecule has 1 atom stereocenters. The molecule has 0 spiro atoms. The quantitative estimate of drug-likeness (QED) is 0.696. The molecule has 0 aromatic heterocycles. The molecule has 0 aromatic rings. The molecule has 0 N–H and O–H groups in total. The summed E-state index contributed by atoms with van der Waals surface area (Å²) in [6.45, 7) is 5.43. The van der Waals surface area contributed by atoms with Crippen LogP contribution in [0.2, 0.25) is 0 Å². The van der Waals surface area contributed by atoms with Gasteiger partial charge in [-0.15, -0.1) is 0 Å². The van der Waals surface area contributed by atoms with E-state index in [1.54, 1.807) is 18.9 Å². The van der Waals surface area contributed by atoms with E-state index in [0.717, 1.165) is 6.26 Å². The van der Waals surface area contributed by atoms with Crippen LogP contribution in [0, 0.1) is 5.92 Å². The zero-order chi connectivity index (χ0) is 11.5. The summed E-state index contributed by atoms with van der Waals surface area (Å²) in [6.07, 6.45) is 1.14. The van der Waals surface area contributed by atoms with Gasteiger partial charge in [-0.2, -0.15) is 0 Å². The smallest absolute Gasteiger partial charge is 0.226 e. The van der Waals surface area contributed by atoms with Gasteiger partial charge in [-0.3, -0.25) is 4.79 Å². The lowest BCUT2D eigenvalue weighted by molar-refractivity contribution is -0.134. The van der Waals surface area contributed by atoms with E-state index >= 15 is 0 Å². The molecule has 4 nitrogen and oxygen atoms in total. The van der Waals surface area contributed by atoms with Gasteiger partial charge in [0.25, 0.3) is 0 Å². The average molecular weight is 221 g/mol. The minimum Gasteiger partial charge on any atom is -0.343 e. The molecule has 1 amide bonds. The van der Waals surface area contributed by atoms with Crippen molar-refractivity contribution in [3.05, 3.63) is 0 Å². The molecule has 0 radical (unpaired) electrons. The molecule has 1 unspecified atom stereocenters. The van der Waals surface area contributed by atoms with E-state index in [4.69, 9.17) is 0 Å². The predicted octanol–water partition coefficient (Wildman–Crippen LogP) is 0.534. The van der Waals surface area contributed by atoms with E-state index in [-0.39, 0.29) is 17.7 Å². The summed E-state index contributed by atoms with van der Waals surface area (Å²) < 4.78 is 21.9. The molecule has 5 heteroatoms. The van der Waals surface area contributed by atoms with Gasteiger partial charge in [0.15, 0.2) is 0 Å². The number of rotatable bonds is 4. The topological polar surface area (TPSA) is 54.5 Å².